The Bertz CT molecular complexity index is 1070. The van der Waals surface area contributed by atoms with Gasteiger partial charge in [-0.2, -0.15) is 5.10 Å². The van der Waals surface area contributed by atoms with Crippen LogP contribution in [-0.4, -0.2) is 33.3 Å². The average molecular weight is 566 g/mol. The van der Waals surface area contributed by atoms with E-state index in [0.29, 0.717) is 18.2 Å². The number of nitrogens with one attached hydrogen (secondary N) is 2. The van der Waals surface area contributed by atoms with Crippen molar-refractivity contribution in [2.75, 3.05) is 6.54 Å². The van der Waals surface area contributed by atoms with Gasteiger partial charge in [-0.3, -0.25) is 4.68 Å². The lowest BCUT2D eigenvalue weighted by molar-refractivity contribution is 0.460. The molecule has 0 saturated carbocycles. The largest absolute Gasteiger partial charge is 0.439 e. The monoisotopic (exact) mass is 566 g/mol. The van der Waals surface area contributed by atoms with Crippen molar-refractivity contribution in [2.45, 2.75) is 46.7 Å². The lowest BCUT2D eigenvalue weighted by Crippen LogP contribution is -2.43. The third-order valence-corrected chi connectivity index (χ3v) is 5.15. The van der Waals surface area contributed by atoms with Gasteiger partial charge in [0.1, 0.15) is 11.6 Å². The number of hydrogen-bond acceptors (Lipinski definition) is 4. The second-order valence-electron chi connectivity index (χ2n) is 7.78. The summed E-state index contributed by atoms with van der Waals surface area (Å²) in [5, 5.41) is 11.3. The van der Waals surface area contributed by atoms with Crippen LogP contribution in [0.25, 0.3) is 0 Å². The van der Waals surface area contributed by atoms with Crippen LogP contribution >= 0.6 is 24.0 Å². The van der Waals surface area contributed by atoms with Gasteiger partial charge in [0.25, 0.3) is 0 Å². The van der Waals surface area contributed by atoms with Crippen LogP contribution in [0.15, 0.2) is 47.6 Å². The van der Waals surface area contributed by atoms with Crippen LogP contribution in [0.5, 0.6) is 11.6 Å². The molecule has 1 unspecified atom stereocenters. The molecule has 0 bridgehead atoms. The molecular formula is C24H32FIN6O. The Morgan fingerprint density at radius 1 is 1.21 bits per heavy atom. The molecule has 0 amide bonds. The molecule has 1 atom stereocenters. The molecule has 0 spiro atoms. The Morgan fingerprint density at radius 3 is 2.58 bits per heavy atom. The predicted octanol–water partition coefficient (Wildman–Crippen LogP) is 4.67. The first-order valence-electron chi connectivity index (χ1n) is 10.8. The summed E-state index contributed by atoms with van der Waals surface area (Å²) in [7, 11) is 1.97. The van der Waals surface area contributed by atoms with E-state index in [1.807, 2.05) is 37.7 Å². The maximum absolute atomic E-state index is 13.1. The fourth-order valence-corrected chi connectivity index (χ4v) is 3.42. The van der Waals surface area contributed by atoms with Crippen LogP contribution < -0.4 is 15.4 Å². The normalized spacial score (nSPS) is 12.1. The third-order valence-electron chi connectivity index (χ3n) is 5.15. The van der Waals surface area contributed by atoms with Crippen LogP contribution in [0.1, 0.15) is 36.4 Å². The molecule has 3 rings (SSSR count). The lowest BCUT2D eigenvalue weighted by Gasteiger charge is -2.18. The Kier molecular flexibility index (Phi) is 10.1. The van der Waals surface area contributed by atoms with Crippen molar-refractivity contribution in [1.82, 2.24) is 25.4 Å². The highest BCUT2D eigenvalue weighted by Gasteiger charge is 2.14. The number of pyridine rings is 1. The number of ether oxygens (including phenoxy) is 1. The summed E-state index contributed by atoms with van der Waals surface area (Å²) in [5.74, 6) is 1.42. The molecule has 3 aromatic rings. The molecule has 178 valence electrons. The minimum absolute atomic E-state index is 0. The molecule has 0 aliphatic heterocycles. The summed E-state index contributed by atoms with van der Waals surface area (Å²) < 4.78 is 20.7. The molecule has 1 aromatic carbocycles. The van der Waals surface area contributed by atoms with Crippen molar-refractivity contribution in [1.29, 1.82) is 0 Å². The molecule has 2 heterocycles. The molecule has 0 radical (unpaired) electrons. The number of benzene rings is 1. The minimum Gasteiger partial charge on any atom is -0.439 e. The fourth-order valence-electron chi connectivity index (χ4n) is 3.42. The molecule has 9 heteroatoms. The van der Waals surface area contributed by atoms with E-state index in [2.05, 4.69) is 34.6 Å². The molecule has 2 aromatic heterocycles. The molecule has 7 nitrogen and oxygen atoms in total. The summed E-state index contributed by atoms with van der Waals surface area (Å²) in [5.41, 5.74) is 4.47. The van der Waals surface area contributed by atoms with Crippen molar-refractivity contribution in [3.8, 4) is 11.6 Å². The minimum atomic E-state index is -0.306. The number of hydrogen-bond donors (Lipinski definition) is 2. The average Bonchev–Trinajstić information content (AvgIpc) is 3.00. The van der Waals surface area contributed by atoms with E-state index >= 15 is 0 Å². The maximum Gasteiger partial charge on any atom is 0.219 e. The van der Waals surface area contributed by atoms with E-state index in [0.717, 1.165) is 30.2 Å². The first-order valence-corrected chi connectivity index (χ1v) is 10.8. The van der Waals surface area contributed by atoms with Gasteiger partial charge in [0.05, 0.1) is 12.2 Å². The summed E-state index contributed by atoms with van der Waals surface area (Å²) in [6.07, 6.45) is 2.54. The first kappa shape index (κ1) is 26.6. The second kappa shape index (κ2) is 12.5. The quantitative estimate of drug-likeness (QED) is 0.236. The van der Waals surface area contributed by atoms with Gasteiger partial charge in [-0.05, 0) is 75.6 Å². The molecule has 0 saturated heterocycles. The SMILES string of the molecule is CCNC(=NCc1ccnc(Oc2ccc(F)cc2)c1)NC(C)Cc1c(C)nn(C)c1C.I. The molecule has 0 aliphatic rings. The third kappa shape index (κ3) is 7.69. The standard InChI is InChI=1S/C24H31FN6O.HI/c1-6-26-24(29-16(2)13-22-17(3)30-31(5)18(22)4)28-15-19-11-12-27-23(14-19)32-21-9-7-20(25)8-10-21;/h7-12,14,16H,6,13,15H2,1-5H3,(H2,26,28,29);1H. The van der Waals surface area contributed by atoms with E-state index in [1.54, 1.807) is 18.3 Å². The topological polar surface area (TPSA) is 76.4 Å². The second-order valence-corrected chi connectivity index (χ2v) is 7.78. The van der Waals surface area contributed by atoms with Gasteiger partial charge in [0.2, 0.25) is 5.88 Å². The van der Waals surface area contributed by atoms with E-state index in [4.69, 9.17) is 9.73 Å². The fraction of sp³-hybridized carbons (Fsp3) is 0.375. The van der Waals surface area contributed by atoms with E-state index in [9.17, 15) is 4.39 Å². The Morgan fingerprint density at radius 2 is 1.94 bits per heavy atom. The Hall–Kier alpha value is -2.69. The summed E-state index contributed by atoms with van der Waals surface area (Å²) in [4.78, 5) is 8.95. The zero-order chi connectivity index (χ0) is 23.1. The highest BCUT2D eigenvalue weighted by Crippen LogP contribution is 2.20. The number of guanidine groups is 1. The molecule has 33 heavy (non-hydrogen) atoms. The maximum atomic E-state index is 13.1. The number of rotatable bonds is 8. The van der Waals surface area contributed by atoms with Gasteiger partial charge >= 0.3 is 0 Å². The van der Waals surface area contributed by atoms with Crippen LogP contribution in [0.2, 0.25) is 0 Å². The van der Waals surface area contributed by atoms with Gasteiger partial charge in [-0.15, -0.1) is 24.0 Å². The van der Waals surface area contributed by atoms with Crippen molar-refractivity contribution >= 4 is 29.9 Å². The van der Waals surface area contributed by atoms with Gasteiger partial charge in [0.15, 0.2) is 5.96 Å². The van der Waals surface area contributed by atoms with E-state index in [-0.39, 0.29) is 35.8 Å². The zero-order valence-corrected chi connectivity index (χ0v) is 22.1. The predicted molar refractivity (Wildman–Crippen MR) is 140 cm³/mol. The van der Waals surface area contributed by atoms with Gasteiger partial charge in [-0.25, -0.2) is 14.4 Å². The van der Waals surface area contributed by atoms with Crippen LogP contribution in [0.4, 0.5) is 4.39 Å². The number of halogens is 2. The number of aliphatic imine (C=N–C) groups is 1. The number of nitrogens with zero attached hydrogens (tertiary/aromatic N) is 4. The Labute approximate surface area is 211 Å². The number of aryl methyl sites for hydroxylation is 2. The molecule has 0 aliphatic carbocycles. The van der Waals surface area contributed by atoms with Gasteiger partial charge in [0, 0.05) is 37.6 Å². The van der Waals surface area contributed by atoms with E-state index in [1.165, 1.54) is 23.4 Å². The van der Waals surface area contributed by atoms with Crippen molar-refractivity contribution < 1.29 is 9.13 Å². The molecule has 2 N–H and O–H groups in total. The van der Waals surface area contributed by atoms with Crippen molar-refractivity contribution in [3.05, 3.63) is 70.9 Å². The highest BCUT2D eigenvalue weighted by molar-refractivity contribution is 14.0. The first-order chi connectivity index (χ1) is 15.4. The van der Waals surface area contributed by atoms with Crippen LogP contribution in [0, 0.1) is 19.7 Å². The van der Waals surface area contributed by atoms with Crippen LogP contribution in [-0.2, 0) is 20.0 Å². The smallest absolute Gasteiger partial charge is 0.219 e. The molecule has 0 fully saturated rings. The lowest BCUT2D eigenvalue weighted by atomic mass is 10.1. The summed E-state index contributed by atoms with van der Waals surface area (Å²) in [6.45, 7) is 9.55. The molecular weight excluding hydrogens is 534 g/mol. The van der Waals surface area contributed by atoms with Crippen LogP contribution in [0.3, 0.4) is 0 Å². The summed E-state index contributed by atoms with van der Waals surface area (Å²) >= 11 is 0. The van der Waals surface area contributed by atoms with Crippen molar-refractivity contribution in [2.24, 2.45) is 12.0 Å². The summed E-state index contributed by atoms with van der Waals surface area (Å²) in [6, 6.07) is 9.77. The Balaban J connectivity index is 0.00000385. The number of aromatic nitrogens is 3. The van der Waals surface area contributed by atoms with Gasteiger partial charge < -0.3 is 15.4 Å². The van der Waals surface area contributed by atoms with Crippen molar-refractivity contribution in [3.63, 3.8) is 0 Å². The zero-order valence-electron chi connectivity index (χ0n) is 19.7. The highest BCUT2D eigenvalue weighted by atomic mass is 127. The van der Waals surface area contributed by atoms with Gasteiger partial charge in [-0.1, -0.05) is 0 Å². The van der Waals surface area contributed by atoms with E-state index < -0.39 is 0 Å².